The number of hydrogen-bond acceptors (Lipinski definition) is 7. The van der Waals surface area contributed by atoms with E-state index < -0.39 is 0 Å². The number of ether oxygens (including phenoxy) is 1. The summed E-state index contributed by atoms with van der Waals surface area (Å²) in [7, 11) is 0. The molecular formula is C22H28N4O3S2. The number of carbonyl (C=O) groups is 1. The largest absolute Gasteiger partial charge is 0.382 e. The van der Waals surface area contributed by atoms with Crippen molar-refractivity contribution >= 4 is 51.7 Å². The number of nitrogens with zero attached hydrogens (tertiary/aromatic N) is 3. The fourth-order valence-electron chi connectivity index (χ4n) is 3.10. The summed E-state index contributed by atoms with van der Waals surface area (Å²) in [5.41, 5.74) is 0.663. The second kappa shape index (κ2) is 10.9. The number of thiocarbonyl (C=S) groups is 1. The van der Waals surface area contributed by atoms with E-state index in [0.29, 0.717) is 58.5 Å². The summed E-state index contributed by atoms with van der Waals surface area (Å²) in [5.74, 6) is 0.770. The molecule has 166 valence electrons. The van der Waals surface area contributed by atoms with Crippen LogP contribution in [0.15, 0.2) is 34.1 Å². The quantitative estimate of drug-likeness (QED) is 0.328. The summed E-state index contributed by atoms with van der Waals surface area (Å²) >= 11 is 6.65. The molecule has 1 N–H and O–H groups in total. The molecule has 0 spiro atoms. The molecule has 0 aromatic carbocycles. The lowest BCUT2D eigenvalue weighted by molar-refractivity contribution is -0.122. The smallest absolute Gasteiger partial charge is 0.267 e. The minimum atomic E-state index is -0.231. The Balaban J connectivity index is 1.93. The zero-order valence-electron chi connectivity index (χ0n) is 18.1. The van der Waals surface area contributed by atoms with E-state index in [2.05, 4.69) is 24.1 Å². The molecule has 0 aliphatic carbocycles. The summed E-state index contributed by atoms with van der Waals surface area (Å²) in [6.45, 7) is 8.65. The molecule has 0 atom stereocenters. The Kier molecular flexibility index (Phi) is 8.22. The van der Waals surface area contributed by atoms with E-state index in [1.807, 2.05) is 13.0 Å². The number of rotatable bonds is 10. The Hall–Kier alpha value is -2.23. The first kappa shape index (κ1) is 23.4. The van der Waals surface area contributed by atoms with Crippen molar-refractivity contribution in [3.05, 3.63) is 45.2 Å². The molecule has 3 rings (SSSR count). The van der Waals surface area contributed by atoms with Crippen LogP contribution in [-0.2, 0) is 9.53 Å². The Bertz CT molecular complexity index is 1050. The van der Waals surface area contributed by atoms with Crippen LogP contribution in [0.3, 0.4) is 0 Å². The van der Waals surface area contributed by atoms with Gasteiger partial charge >= 0.3 is 0 Å². The van der Waals surface area contributed by atoms with E-state index in [9.17, 15) is 9.59 Å². The maximum atomic E-state index is 13.2. The van der Waals surface area contributed by atoms with Crippen LogP contribution >= 0.6 is 24.0 Å². The molecule has 1 saturated heterocycles. The molecule has 1 aliphatic heterocycles. The highest BCUT2D eigenvalue weighted by Crippen LogP contribution is 2.33. The van der Waals surface area contributed by atoms with E-state index in [4.69, 9.17) is 17.0 Å². The lowest BCUT2D eigenvalue weighted by atomic mass is 10.1. The number of fused-ring (bicyclic) bond motifs is 1. The first-order valence-corrected chi connectivity index (χ1v) is 11.7. The third-order valence-electron chi connectivity index (χ3n) is 4.81. The number of thioether (sulfide) groups is 1. The van der Waals surface area contributed by atoms with Crippen LogP contribution in [-0.4, -0.2) is 50.8 Å². The zero-order chi connectivity index (χ0) is 22.4. The lowest BCUT2D eigenvalue weighted by Gasteiger charge is -2.15. The fourth-order valence-corrected chi connectivity index (χ4v) is 4.39. The van der Waals surface area contributed by atoms with E-state index in [1.54, 1.807) is 29.3 Å². The Labute approximate surface area is 191 Å². The van der Waals surface area contributed by atoms with Gasteiger partial charge < -0.3 is 10.1 Å². The van der Waals surface area contributed by atoms with Gasteiger partial charge in [-0.25, -0.2) is 4.98 Å². The van der Waals surface area contributed by atoms with Crippen molar-refractivity contribution in [3.63, 3.8) is 0 Å². The molecule has 31 heavy (non-hydrogen) atoms. The van der Waals surface area contributed by atoms with Crippen molar-refractivity contribution < 1.29 is 9.53 Å². The lowest BCUT2D eigenvalue weighted by Crippen LogP contribution is -2.29. The van der Waals surface area contributed by atoms with Crippen molar-refractivity contribution in [1.82, 2.24) is 14.3 Å². The summed E-state index contributed by atoms with van der Waals surface area (Å²) < 4.78 is 7.38. The standard InChI is InChI=1S/C22H28N4O3S2/c1-4-29-13-7-10-23-19-16(20(27)25-11-6-5-8-18(25)24-19)14-17-21(28)26(22(30)31-17)12-9-15(2)3/h5-6,8,11,14-15,23H,4,7,9-10,12-13H2,1-3H3/b17-14-. The number of anilines is 1. The number of hydrogen-bond donors (Lipinski definition) is 1. The predicted molar refractivity (Wildman–Crippen MR) is 130 cm³/mol. The second-order valence-corrected chi connectivity index (χ2v) is 9.28. The van der Waals surface area contributed by atoms with Gasteiger partial charge in [-0.15, -0.1) is 0 Å². The molecule has 0 saturated carbocycles. The van der Waals surface area contributed by atoms with Gasteiger partial charge in [0.25, 0.3) is 11.5 Å². The molecule has 0 radical (unpaired) electrons. The van der Waals surface area contributed by atoms with E-state index in [-0.39, 0.29) is 11.5 Å². The van der Waals surface area contributed by atoms with E-state index >= 15 is 0 Å². The molecule has 1 aliphatic rings. The van der Waals surface area contributed by atoms with Gasteiger partial charge in [-0.05, 0) is 43.9 Å². The molecule has 1 fully saturated rings. The van der Waals surface area contributed by atoms with Gasteiger partial charge in [0, 0.05) is 32.5 Å². The maximum Gasteiger partial charge on any atom is 0.267 e. The van der Waals surface area contributed by atoms with Crippen molar-refractivity contribution in [1.29, 1.82) is 0 Å². The monoisotopic (exact) mass is 460 g/mol. The van der Waals surface area contributed by atoms with Crippen LogP contribution in [0.5, 0.6) is 0 Å². The molecule has 1 amide bonds. The van der Waals surface area contributed by atoms with Crippen LogP contribution in [0, 0.1) is 5.92 Å². The molecule has 7 nitrogen and oxygen atoms in total. The first-order chi connectivity index (χ1) is 14.9. The topological polar surface area (TPSA) is 75.9 Å². The van der Waals surface area contributed by atoms with Crippen molar-refractivity contribution in [2.75, 3.05) is 31.6 Å². The normalized spacial score (nSPS) is 15.6. The molecule has 0 unspecified atom stereocenters. The third kappa shape index (κ3) is 5.72. The predicted octanol–water partition coefficient (Wildman–Crippen LogP) is 3.78. The number of carbonyl (C=O) groups excluding carboxylic acids is 1. The third-order valence-corrected chi connectivity index (χ3v) is 6.19. The second-order valence-electron chi connectivity index (χ2n) is 7.60. The maximum absolute atomic E-state index is 13.2. The van der Waals surface area contributed by atoms with Crippen molar-refractivity contribution in [2.24, 2.45) is 5.92 Å². The molecule has 2 aromatic heterocycles. The summed E-state index contributed by atoms with van der Waals surface area (Å²) in [5, 5.41) is 3.24. The summed E-state index contributed by atoms with van der Waals surface area (Å²) in [4.78, 5) is 32.8. The van der Waals surface area contributed by atoms with Crippen LogP contribution in [0.4, 0.5) is 5.82 Å². The molecule has 2 aromatic rings. The number of pyridine rings is 1. The van der Waals surface area contributed by atoms with Crippen LogP contribution in [0.25, 0.3) is 11.7 Å². The van der Waals surface area contributed by atoms with Gasteiger partial charge in [0.2, 0.25) is 0 Å². The Morgan fingerprint density at radius 2 is 2.13 bits per heavy atom. The molecule has 0 bridgehead atoms. The van der Waals surface area contributed by atoms with Gasteiger partial charge in [-0.3, -0.25) is 18.9 Å². The zero-order valence-corrected chi connectivity index (χ0v) is 19.7. The highest BCUT2D eigenvalue weighted by Gasteiger charge is 2.32. The SMILES string of the molecule is CCOCCCNc1nc2ccccn2c(=O)c1/C=C1\SC(=S)N(CCC(C)C)C1=O. The van der Waals surface area contributed by atoms with Gasteiger partial charge in [0.05, 0.1) is 10.5 Å². The summed E-state index contributed by atoms with van der Waals surface area (Å²) in [6.07, 6.45) is 4.94. The summed E-state index contributed by atoms with van der Waals surface area (Å²) in [6, 6.07) is 5.39. The van der Waals surface area contributed by atoms with Gasteiger partial charge in [0.15, 0.2) is 0 Å². The number of amides is 1. The highest BCUT2D eigenvalue weighted by atomic mass is 32.2. The fraction of sp³-hybridized carbons (Fsp3) is 0.455. The van der Waals surface area contributed by atoms with Crippen LogP contribution in [0.2, 0.25) is 0 Å². The minimum Gasteiger partial charge on any atom is -0.382 e. The minimum absolute atomic E-state index is 0.157. The number of aromatic nitrogens is 2. The van der Waals surface area contributed by atoms with Gasteiger partial charge in [0.1, 0.15) is 15.8 Å². The molecular weight excluding hydrogens is 432 g/mol. The average Bonchev–Trinajstić information content (AvgIpc) is 3.01. The number of nitrogens with one attached hydrogen (secondary N) is 1. The van der Waals surface area contributed by atoms with Gasteiger partial charge in [-0.1, -0.05) is 43.9 Å². The van der Waals surface area contributed by atoms with E-state index in [1.165, 1.54) is 16.2 Å². The molecule has 9 heteroatoms. The first-order valence-electron chi connectivity index (χ1n) is 10.5. The van der Waals surface area contributed by atoms with Crippen LogP contribution in [0.1, 0.15) is 39.2 Å². The Morgan fingerprint density at radius 3 is 2.87 bits per heavy atom. The van der Waals surface area contributed by atoms with Gasteiger partial charge in [-0.2, -0.15) is 0 Å². The van der Waals surface area contributed by atoms with Crippen molar-refractivity contribution in [3.8, 4) is 0 Å². The highest BCUT2D eigenvalue weighted by molar-refractivity contribution is 8.26. The average molecular weight is 461 g/mol. The molecule has 3 heterocycles. The van der Waals surface area contributed by atoms with Crippen molar-refractivity contribution in [2.45, 2.75) is 33.6 Å². The van der Waals surface area contributed by atoms with Crippen LogP contribution < -0.4 is 10.9 Å². The van der Waals surface area contributed by atoms with E-state index in [0.717, 1.165) is 12.8 Å². The Morgan fingerprint density at radius 1 is 1.32 bits per heavy atom.